The second kappa shape index (κ2) is 12.1. The van der Waals surface area contributed by atoms with Crippen LogP contribution in [0.25, 0.3) is 0 Å². The van der Waals surface area contributed by atoms with Gasteiger partial charge in [0.1, 0.15) is 11.6 Å². The van der Waals surface area contributed by atoms with Crippen LogP contribution in [0.1, 0.15) is 75.8 Å². The second-order valence-corrected chi connectivity index (χ2v) is 9.19. The predicted molar refractivity (Wildman–Crippen MR) is 114 cm³/mol. The van der Waals surface area contributed by atoms with Gasteiger partial charge in [-0.15, -0.1) is 0 Å². The Morgan fingerprint density at radius 2 is 1.60 bits per heavy atom. The number of rotatable bonds is 10. The van der Waals surface area contributed by atoms with Gasteiger partial charge in [0.15, 0.2) is 6.29 Å². The lowest BCUT2D eigenvalue weighted by Crippen LogP contribution is -2.38. The quantitative estimate of drug-likeness (QED) is 0.406. The lowest BCUT2D eigenvalue weighted by molar-refractivity contribution is -0.230. The van der Waals surface area contributed by atoms with Crippen LogP contribution in [0, 0.1) is 29.4 Å². The fourth-order valence-corrected chi connectivity index (χ4v) is 4.88. The molecule has 0 radical (unpaired) electrons. The highest BCUT2D eigenvalue weighted by Crippen LogP contribution is 2.36. The summed E-state index contributed by atoms with van der Waals surface area (Å²) in [6, 6.07) is 2.92. The molecule has 2 aliphatic rings. The van der Waals surface area contributed by atoms with E-state index in [2.05, 4.69) is 6.92 Å². The SMILES string of the molecule is CCCCCC1COC(C2CCC(CCc3cc(F)c(COC)c(F)c3)CC2)OC1. The van der Waals surface area contributed by atoms with Crippen molar-refractivity contribution in [2.45, 2.75) is 84.0 Å². The number of benzene rings is 1. The van der Waals surface area contributed by atoms with Crippen LogP contribution in [0.4, 0.5) is 8.78 Å². The Balaban J connectivity index is 1.37. The molecule has 0 atom stereocenters. The normalized spacial score (nSPS) is 27.3. The van der Waals surface area contributed by atoms with Gasteiger partial charge in [-0.2, -0.15) is 0 Å². The molecule has 1 saturated heterocycles. The van der Waals surface area contributed by atoms with Gasteiger partial charge in [0.25, 0.3) is 0 Å². The van der Waals surface area contributed by atoms with Gasteiger partial charge in [-0.25, -0.2) is 8.78 Å². The van der Waals surface area contributed by atoms with Crippen LogP contribution in [-0.2, 0) is 27.2 Å². The number of hydrogen-bond acceptors (Lipinski definition) is 3. The second-order valence-electron chi connectivity index (χ2n) is 9.19. The fourth-order valence-electron chi connectivity index (χ4n) is 4.88. The van der Waals surface area contributed by atoms with Crippen molar-refractivity contribution in [3.8, 4) is 0 Å². The van der Waals surface area contributed by atoms with Gasteiger partial charge >= 0.3 is 0 Å². The van der Waals surface area contributed by atoms with E-state index in [-0.39, 0.29) is 18.5 Å². The first-order valence-corrected chi connectivity index (χ1v) is 11.8. The van der Waals surface area contributed by atoms with Crippen LogP contribution >= 0.6 is 0 Å². The summed E-state index contributed by atoms with van der Waals surface area (Å²) in [7, 11) is 1.44. The molecule has 1 saturated carbocycles. The van der Waals surface area contributed by atoms with Crippen molar-refractivity contribution in [2.75, 3.05) is 20.3 Å². The van der Waals surface area contributed by atoms with E-state index in [0.29, 0.717) is 24.2 Å². The van der Waals surface area contributed by atoms with Crippen LogP contribution in [0.2, 0.25) is 0 Å². The molecule has 0 aromatic heterocycles. The Kier molecular flexibility index (Phi) is 9.54. The van der Waals surface area contributed by atoms with Crippen LogP contribution in [0.3, 0.4) is 0 Å². The van der Waals surface area contributed by atoms with Crippen molar-refractivity contribution >= 4 is 0 Å². The van der Waals surface area contributed by atoms with Gasteiger partial charge in [0.2, 0.25) is 0 Å². The molecule has 2 fully saturated rings. The maximum atomic E-state index is 14.1. The van der Waals surface area contributed by atoms with E-state index in [9.17, 15) is 8.78 Å². The van der Waals surface area contributed by atoms with Crippen molar-refractivity contribution in [1.29, 1.82) is 0 Å². The molecule has 0 amide bonds. The average molecular weight is 425 g/mol. The van der Waals surface area contributed by atoms with Crippen LogP contribution < -0.4 is 0 Å². The van der Waals surface area contributed by atoms with Crippen molar-refractivity contribution in [2.24, 2.45) is 17.8 Å². The molecule has 5 heteroatoms. The zero-order valence-electron chi connectivity index (χ0n) is 18.6. The third kappa shape index (κ3) is 6.73. The zero-order chi connectivity index (χ0) is 21.3. The summed E-state index contributed by atoms with van der Waals surface area (Å²) < 4.78 is 45.2. The minimum absolute atomic E-state index is 0.0156. The van der Waals surface area contributed by atoms with Gasteiger partial charge in [-0.05, 0) is 68.6 Å². The summed E-state index contributed by atoms with van der Waals surface area (Å²) >= 11 is 0. The largest absolute Gasteiger partial charge is 0.380 e. The first-order valence-electron chi connectivity index (χ1n) is 11.8. The Hall–Kier alpha value is -1.04. The lowest BCUT2D eigenvalue weighted by Gasteiger charge is -2.37. The number of unbranched alkanes of at least 4 members (excludes halogenated alkanes) is 2. The Labute approximate surface area is 180 Å². The van der Waals surface area contributed by atoms with Crippen LogP contribution in [0.15, 0.2) is 12.1 Å². The highest BCUT2D eigenvalue weighted by Gasteiger charge is 2.32. The Morgan fingerprint density at radius 1 is 0.933 bits per heavy atom. The maximum Gasteiger partial charge on any atom is 0.160 e. The summed E-state index contributed by atoms with van der Waals surface area (Å²) in [5, 5.41) is 0. The van der Waals surface area contributed by atoms with E-state index < -0.39 is 11.6 Å². The van der Waals surface area contributed by atoms with E-state index in [1.54, 1.807) is 0 Å². The van der Waals surface area contributed by atoms with Crippen molar-refractivity contribution < 1.29 is 23.0 Å². The number of hydrogen-bond donors (Lipinski definition) is 0. The van der Waals surface area contributed by atoms with E-state index >= 15 is 0 Å². The van der Waals surface area contributed by atoms with E-state index in [1.807, 2.05) is 0 Å². The van der Waals surface area contributed by atoms with Crippen molar-refractivity contribution in [3.63, 3.8) is 0 Å². The first-order chi connectivity index (χ1) is 14.6. The molecular formula is C25H38F2O3. The minimum Gasteiger partial charge on any atom is -0.380 e. The maximum absolute atomic E-state index is 14.1. The van der Waals surface area contributed by atoms with Crippen LogP contribution in [0.5, 0.6) is 0 Å². The molecule has 1 aliphatic carbocycles. The third-order valence-corrected chi connectivity index (χ3v) is 6.82. The topological polar surface area (TPSA) is 27.7 Å². The molecule has 0 N–H and O–H groups in total. The number of halogens is 2. The molecule has 0 unspecified atom stereocenters. The summed E-state index contributed by atoms with van der Waals surface area (Å²) in [6.45, 7) is 3.87. The minimum atomic E-state index is -0.504. The molecule has 0 bridgehead atoms. The number of ether oxygens (including phenoxy) is 3. The highest BCUT2D eigenvalue weighted by molar-refractivity contribution is 5.26. The van der Waals surface area contributed by atoms with Gasteiger partial charge in [0.05, 0.1) is 19.8 Å². The van der Waals surface area contributed by atoms with Gasteiger partial charge in [-0.3, -0.25) is 0 Å². The van der Waals surface area contributed by atoms with E-state index in [1.165, 1.54) is 44.9 Å². The summed E-state index contributed by atoms with van der Waals surface area (Å²) in [5.74, 6) is 0.642. The molecule has 1 aromatic rings. The molecule has 1 aromatic carbocycles. The molecule has 1 heterocycles. The summed E-state index contributed by atoms with van der Waals surface area (Å²) in [4.78, 5) is 0. The van der Waals surface area contributed by atoms with Gasteiger partial charge in [-0.1, -0.05) is 26.2 Å². The molecule has 3 nitrogen and oxygen atoms in total. The monoisotopic (exact) mass is 424 g/mol. The molecule has 30 heavy (non-hydrogen) atoms. The van der Waals surface area contributed by atoms with Crippen molar-refractivity contribution in [1.82, 2.24) is 0 Å². The lowest BCUT2D eigenvalue weighted by atomic mass is 9.79. The standard InChI is InChI=1S/C25H38F2O3/c1-3-4-5-6-20-15-29-25(30-16-20)21-11-9-18(10-12-21)7-8-19-13-23(26)22(17-28-2)24(27)14-19/h13-14,18,20-21,25H,3-12,15-17H2,1-2H3. The van der Waals surface area contributed by atoms with Crippen molar-refractivity contribution in [3.05, 3.63) is 34.9 Å². The molecule has 1 aliphatic heterocycles. The average Bonchev–Trinajstić information content (AvgIpc) is 2.76. The Bertz CT molecular complexity index is 612. The van der Waals surface area contributed by atoms with E-state index in [0.717, 1.165) is 50.9 Å². The van der Waals surface area contributed by atoms with Crippen LogP contribution in [-0.4, -0.2) is 26.6 Å². The number of aryl methyl sites for hydroxylation is 1. The molecule has 3 rings (SSSR count). The highest BCUT2D eigenvalue weighted by atomic mass is 19.1. The third-order valence-electron chi connectivity index (χ3n) is 6.82. The summed E-state index contributed by atoms with van der Waals surface area (Å²) in [5.41, 5.74) is 0.752. The first kappa shape index (κ1) is 23.6. The zero-order valence-corrected chi connectivity index (χ0v) is 18.6. The smallest absolute Gasteiger partial charge is 0.160 e. The summed E-state index contributed by atoms with van der Waals surface area (Å²) in [6.07, 6.45) is 11.2. The Morgan fingerprint density at radius 3 is 2.20 bits per heavy atom. The molecule has 0 spiro atoms. The van der Waals surface area contributed by atoms with Gasteiger partial charge in [0, 0.05) is 24.5 Å². The van der Waals surface area contributed by atoms with Gasteiger partial charge < -0.3 is 14.2 Å². The predicted octanol–water partition coefficient (Wildman–Crippen LogP) is 6.42. The van der Waals surface area contributed by atoms with E-state index in [4.69, 9.17) is 14.2 Å². The molecule has 170 valence electrons. The molecular weight excluding hydrogens is 386 g/mol. The number of methoxy groups -OCH3 is 1. The fraction of sp³-hybridized carbons (Fsp3) is 0.760.